The van der Waals surface area contributed by atoms with Crippen molar-refractivity contribution in [1.29, 1.82) is 0 Å². The molecule has 0 saturated heterocycles. The van der Waals surface area contributed by atoms with E-state index in [0.717, 1.165) is 56.4 Å². The maximum absolute atomic E-state index is 6.77. The van der Waals surface area contributed by atoms with Crippen molar-refractivity contribution in [3.05, 3.63) is 106 Å². The predicted molar refractivity (Wildman–Crippen MR) is 208 cm³/mol. The zero-order valence-electron chi connectivity index (χ0n) is 31.6. The second kappa shape index (κ2) is 14.4. The van der Waals surface area contributed by atoms with Crippen molar-refractivity contribution in [1.82, 2.24) is 0 Å². The number of benzene rings is 4. The minimum Gasteiger partial charge on any atom is -0.441 e. The second-order valence-corrected chi connectivity index (χ2v) is 18.2. The Morgan fingerprint density at radius 1 is 0.417 bits per heavy atom. The normalized spacial score (nSPS) is 13.0. The molecule has 258 valence electrons. The van der Waals surface area contributed by atoms with Gasteiger partial charge in [0, 0.05) is 22.3 Å². The molecule has 0 fully saturated rings. The van der Waals surface area contributed by atoms with Crippen LogP contribution in [0.3, 0.4) is 0 Å². The van der Waals surface area contributed by atoms with Gasteiger partial charge in [0.25, 0.3) is 18.1 Å². The Morgan fingerprint density at radius 2 is 0.771 bits per heavy atom. The van der Waals surface area contributed by atoms with Crippen LogP contribution in [-0.4, -0.2) is 0 Å². The molecule has 48 heavy (non-hydrogen) atoms. The van der Waals surface area contributed by atoms with E-state index in [4.69, 9.17) is 18.1 Å². The third-order valence-electron chi connectivity index (χ3n) is 8.40. The fourth-order valence-electron chi connectivity index (χ4n) is 5.44. The molecule has 4 aromatic rings. The van der Waals surface area contributed by atoms with Gasteiger partial charge in [0.15, 0.2) is 0 Å². The summed E-state index contributed by atoms with van der Waals surface area (Å²) >= 11 is 0. The molecule has 0 aliphatic carbocycles. The molecule has 2 atom stereocenters. The van der Waals surface area contributed by atoms with Crippen molar-refractivity contribution in [3.8, 4) is 34.1 Å². The number of aryl methyl sites for hydroxylation is 2. The molecule has 0 N–H and O–H groups in total. The fourth-order valence-corrected chi connectivity index (χ4v) is 6.57. The lowest BCUT2D eigenvalue weighted by atomic mass is 9.75. The lowest BCUT2D eigenvalue weighted by molar-refractivity contribution is 0.485. The molecule has 2 unspecified atom stereocenters. The standard InChI is InChI=1S/C42H56O4P2/c1-27-17-15-19-31(21-27)43-47-45-37-33(23-29(39(3,4)5)25-35(37)41(9,10)11)34-24-30(40(6,7)8)26-36(42(12,13)14)38(34)46-48-44-32-20-16-18-28(2)22-32/h15-26,47-48H,1-14H3. The first kappa shape index (κ1) is 37.8. The molecular formula is C42H56O4P2. The summed E-state index contributed by atoms with van der Waals surface area (Å²) in [6.45, 7) is 31.2. The van der Waals surface area contributed by atoms with Crippen LogP contribution in [0.5, 0.6) is 23.0 Å². The molecule has 4 nitrogen and oxygen atoms in total. The molecular weight excluding hydrogens is 630 g/mol. The fraction of sp³-hybridized carbons (Fsp3) is 0.429. The summed E-state index contributed by atoms with van der Waals surface area (Å²) in [6.07, 6.45) is 0. The van der Waals surface area contributed by atoms with Gasteiger partial charge in [0.1, 0.15) is 23.0 Å². The van der Waals surface area contributed by atoms with Crippen molar-refractivity contribution in [2.45, 2.75) is 119 Å². The Labute approximate surface area is 294 Å². The van der Waals surface area contributed by atoms with Crippen LogP contribution in [0.15, 0.2) is 72.8 Å². The molecule has 0 heterocycles. The van der Waals surface area contributed by atoms with Gasteiger partial charge in [-0.25, -0.2) is 0 Å². The predicted octanol–water partition coefficient (Wildman–Crippen LogP) is 13.1. The van der Waals surface area contributed by atoms with Gasteiger partial charge in [-0.3, -0.25) is 0 Å². The van der Waals surface area contributed by atoms with Crippen LogP contribution >= 0.6 is 18.1 Å². The molecule has 4 rings (SSSR count). The van der Waals surface area contributed by atoms with Crippen LogP contribution in [0.25, 0.3) is 11.1 Å². The number of hydrogen-bond acceptors (Lipinski definition) is 4. The van der Waals surface area contributed by atoms with Gasteiger partial charge in [-0.15, -0.1) is 0 Å². The molecule has 0 bridgehead atoms. The summed E-state index contributed by atoms with van der Waals surface area (Å²) in [5.41, 5.74) is 8.43. The largest absolute Gasteiger partial charge is 0.441 e. The SMILES string of the molecule is Cc1cccc(OPOc2c(-c3cc(C(C)(C)C)cc(C(C)(C)C)c3OPOc3cccc(C)c3)cc(C(C)(C)C)cc2C(C)(C)C)c1. The van der Waals surface area contributed by atoms with Gasteiger partial charge in [-0.05, 0) is 94.2 Å². The summed E-state index contributed by atoms with van der Waals surface area (Å²) in [5.74, 6) is 3.23. The van der Waals surface area contributed by atoms with Crippen LogP contribution in [0.4, 0.5) is 0 Å². The highest BCUT2D eigenvalue weighted by molar-refractivity contribution is 7.27. The first-order valence-electron chi connectivity index (χ1n) is 16.8. The molecule has 6 heteroatoms. The topological polar surface area (TPSA) is 36.9 Å². The summed E-state index contributed by atoms with van der Waals surface area (Å²) in [5, 5.41) is 0. The summed E-state index contributed by atoms with van der Waals surface area (Å²) in [7, 11) is -0.460. The molecule has 0 aromatic heterocycles. The molecule has 0 spiro atoms. The van der Waals surface area contributed by atoms with Crippen LogP contribution < -0.4 is 18.1 Å². The molecule has 4 aromatic carbocycles. The van der Waals surface area contributed by atoms with Crippen LogP contribution in [0.2, 0.25) is 0 Å². The molecule has 0 aliphatic heterocycles. The van der Waals surface area contributed by atoms with E-state index >= 15 is 0 Å². The van der Waals surface area contributed by atoms with E-state index in [1.165, 1.54) is 11.1 Å². The minimum absolute atomic E-state index is 0.0980. The van der Waals surface area contributed by atoms with Crippen LogP contribution in [0.1, 0.15) is 116 Å². The van der Waals surface area contributed by atoms with E-state index in [1.54, 1.807) is 0 Å². The van der Waals surface area contributed by atoms with E-state index in [9.17, 15) is 0 Å². The maximum atomic E-state index is 6.77. The van der Waals surface area contributed by atoms with Gasteiger partial charge >= 0.3 is 0 Å². The first-order chi connectivity index (χ1) is 22.1. The zero-order valence-corrected chi connectivity index (χ0v) is 33.6. The van der Waals surface area contributed by atoms with Crippen molar-refractivity contribution in [2.24, 2.45) is 0 Å². The quantitative estimate of drug-likeness (QED) is 0.164. The van der Waals surface area contributed by atoms with Crippen molar-refractivity contribution < 1.29 is 18.1 Å². The van der Waals surface area contributed by atoms with E-state index in [2.05, 4.69) is 133 Å². The smallest absolute Gasteiger partial charge is 0.275 e. The summed E-state index contributed by atoms with van der Waals surface area (Å²) < 4.78 is 26.0. The average molecular weight is 687 g/mol. The van der Waals surface area contributed by atoms with Crippen molar-refractivity contribution in [2.75, 3.05) is 0 Å². The third-order valence-corrected chi connectivity index (χ3v) is 9.61. The zero-order chi connectivity index (χ0) is 35.7. The van der Waals surface area contributed by atoms with Gasteiger partial charge in [0.05, 0.1) is 0 Å². The highest BCUT2D eigenvalue weighted by Gasteiger charge is 2.32. The Hall–Kier alpha value is -3.06. The summed E-state index contributed by atoms with van der Waals surface area (Å²) in [6, 6.07) is 25.4. The lowest BCUT2D eigenvalue weighted by Crippen LogP contribution is -2.19. The highest BCUT2D eigenvalue weighted by atomic mass is 31.1. The van der Waals surface area contributed by atoms with Gasteiger partial charge in [0.2, 0.25) is 0 Å². The van der Waals surface area contributed by atoms with Crippen LogP contribution in [-0.2, 0) is 21.7 Å². The van der Waals surface area contributed by atoms with E-state index < -0.39 is 0 Å². The molecule has 0 aliphatic rings. The number of rotatable bonds is 9. The van der Waals surface area contributed by atoms with E-state index in [1.807, 2.05) is 36.4 Å². The Balaban J connectivity index is 1.99. The average Bonchev–Trinajstić information content (AvgIpc) is 2.95. The van der Waals surface area contributed by atoms with Gasteiger partial charge in [-0.1, -0.05) is 119 Å². The number of hydrogen-bond donors (Lipinski definition) is 0. The van der Waals surface area contributed by atoms with Crippen molar-refractivity contribution in [3.63, 3.8) is 0 Å². The van der Waals surface area contributed by atoms with Crippen LogP contribution in [0, 0.1) is 13.8 Å². The molecule has 0 amide bonds. The van der Waals surface area contributed by atoms with Crippen molar-refractivity contribution >= 4 is 18.1 Å². The first-order valence-corrected chi connectivity index (χ1v) is 18.5. The Bertz CT molecular complexity index is 1600. The lowest BCUT2D eigenvalue weighted by Gasteiger charge is -2.32. The third kappa shape index (κ3) is 9.55. The minimum atomic E-state index is -0.230. The van der Waals surface area contributed by atoms with Gasteiger partial charge in [-0.2, -0.15) is 0 Å². The van der Waals surface area contributed by atoms with E-state index in [-0.39, 0.29) is 39.7 Å². The Morgan fingerprint density at radius 3 is 1.06 bits per heavy atom. The Kier molecular flexibility index (Phi) is 11.3. The molecule has 0 saturated carbocycles. The maximum Gasteiger partial charge on any atom is 0.275 e. The monoisotopic (exact) mass is 686 g/mol. The molecule has 0 radical (unpaired) electrons. The highest BCUT2D eigenvalue weighted by Crippen LogP contribution is 2.51. The van der Waals surface area contributed by atoms with Gasteiger partial charge < -0.3 is 18.1 Å². The summed E-state index contributed by atoms with van der Waals surface area (Å²) in [4.78, 5) is 0. The second-order valence-electron chi connectivity index (χ2n) is 17.0. The van der Waals surface area contributed by atoms with E-state index in [0.29, 0.717) is 0 Å².